The van der Waals surface area contributed by atoms with E-state index in [1.165, 1.54) is 6.26 Å². The summed E-state index contributed by atoms with van der Waals surface area (Å²) >= 11 is 0. The number of nitrogens with one attached hydrogen (secondary N) is 2. The number of anilines is 1. The first-order valence-corrected chi connectivity index (χ1v) is 8.85. The van der Waals surface area contributed by atoms with Crippen molar-refractivity contribution in [3.05, 3.63) is 53.0 Å². The van der Waals surface area contributed by atoms with Gasteiger partial charge in [0.25, 0.3) is 5.91 Å². The van der Waals surface area contributed by atoms with Crippen molar-refractivity contribution in [3.63, 3.8) is 0 Å². The maximum atomic E-state index is 12.6. The van der Waals surface area contributed by atoms with E-state index >= 15 is 0 Å². The molecule has 3 rings (SSSR count). The molecule has 1 atom stereocenters. The molecular weight excluding hydrogens is 348 g/mol. The second-order valence-corrected chi connectivity index (χ2v) is 6.87. The molecule has 1 saturated carbocycles. The highest BCUT2D eigenvalue weighted by atomic mass is 16.4. The summed E-state index contributed by atoms with van der Waals surface area (Å²) in [6.07, 6.45) is 2.93. The number of amides is 2. The fraction of sp³-hybridized carbons (Fsp3) is 0.350. The van der Waals surface area contributed by atoms with Crippen LogP contribution in [0, 0.1) is 12.8 Å². The van der Waals surface area contributed by atoms with Gasteiger partial charge in [-0.05, 0) is 44.4 Å². The number of rotatable bonds is 7. The second kappa shape index (κ2) is 7.65. The molecular formula is C20H22N2O5. The summed E-state index contributed by atoms with van der Waals surface area (Å²) in [6, 6.07) is 6.99. The van der Waals surface area contributed by atoms with E-state index in [1.807, 2.05) is 19.1 Å². The largest absolute Gasteiger partial charge is 0.481 e. The SMILES string of the molecule is Cc1coc(CC(=O)O)c1C(=O)NC(C)c1ccc(NC(=O)C2CC2)cc1. The Bertz CT molecular complexity index is 865. The Hall–Kier alpha value is -3.09. The van der Waals surface area contributed by atoms with E-state index in [0.29, 0.717) is 5.56 Å². The predicted molar refractivity (Wildman–Crippen MR) is 98.5 cm³/mol. The molecule has 1 aliphatic rings. The molecule has 0 aliphatic heterocycles. The van der Waals surface area contributed by atoms with E-state index in [-0.39, 0.29) is 41.5 Å². The lowest BCUT2D eigenvalue weighted by atomic mass is 10.1. The van der Waals surface area contributed by atoms with E-state index in [1.54, 1.807) is 19.1 Å². The highest BCUT2D eigenvalue weighted by Gasteiger charge is 2.29. The zero-order valence-corrected chi connectivity index (χ0v) is 15.2. The van der Waals surface area contributed by atoms with E-state index < -0.39 is 5.97 Å². The van der Waals surface area contributed by atoms with Crippen molar-refractivity contribution in [2.45, 2.75) is 39.2 Å². The molecule has 2 amide bonds. The Morgan fingerprint density at radius 1 is 1.22 bits per heavy atom. The summed E-state index contributed by atoms with van der Waals surface area (Å²) in [5.74, 6) is -1.11. The smallest absolute Gasteiger partial charge is 0.311 e. The lowest BCUT2D eigenvalue weighted by molar-refractivity contribution is -0.136. The lowest BCUT2D eigenvalue weighted by Gasteiger charge is -2.15. The zero-order valence-electron chi connectivity index (χ0n) is 15.2. The van der Waals surface area contributed by atoms with Gasteiger partial charge in [-0.15, -0.1) is 0 Å². The molecule has 1 heterocycles. The van der Waals surface area contributed by atoms with Crippen molar-refractivity contribution in [1.29, 1.82) is 0 Å². The normalized spacial score (nSPS) is 14.4. The van der Waals surface area contributed by atoms with Gasteiger partial charge in [0, 0.05) is 17.2 Å². The van der Waals surface area contributed by atoms with Crippen molar-refractivity contribution < 1.29 is 23.9 Å². The minimum Gasteiger partial charge on any atom is -0.481 e. The molecule has 27 heavy (non-hydrogen) atoms. The van der Waals surface area contributed by atoms with Crippen LogP contribution in [0.25, 0.3) is 0 Å². The van der Waals surface area contributed by atoms with Crippen LogP contribution in [0.5, 0.6) is 0 Å². The van der Waals surface area contributed by atoms with Gasteiger partial charge in [-0.3, -0.25) is 14.4 Å². The first-order chi connectivity index (χ1) is 12.8. The molecule has 1 aliphatic carbocycles. The molecule has 1 aromatic heterocycles. The van der Waals surface area contributed by atoms with Crippen LogP contribution in [0.4, 0.5) is 5.69 Å². The second-order valence-electron chi connectivity index (χ2n) is 6.87. The number of carboxylic acid groups (broad SMARTS) is 1. The van der Waals surface area contributed by atoms with Gasteiger partial charge in [0.15, 0.2) is 0 Å². The monoisotopic (exact) mass is 370 g/mol. The number of aliphatic carboxylic acids is 1. The average Bonchev–Trinajstić information content (AvgIpc) is 3.39. The minimum atomic E-state index is -1.06. The maximum Gasteiger partial charge on any atom is 0.311 e. The predicted octanol–water partition coefficient (Wildman–Crippen LogP) is 3.05. The van der Waals surface area contributed by atoms with E-state index in [4.69, 9.17) is 9.52 Å². The standard InChI is InChI=1S/C20H22N2O5/c1-11-10-27-16(9-17(23)24)18(11)20(26)21-12(2)13-5-7-15(8-6-13)22-19(25)14-3-4-14/h5-8,10,12,14H,3-4,9H2,1-2H3,(H,21,26)(H,22,25)(H,23,24). The molecule has 142 valence electrons. The Kier molecular flexibility index (Phi) is 5.30. The van der Waals surface area contributed by atoms with Crippen molar-refractivity contribution >= 4 is 23.5 Å². The van der Waals surface area contributed by atoms with Crippen LogP contribution in [0.2, 0.25) is 0 Å². The third-order valence-corrected chi connectivity index (χ3v) is 4.56. The molecule has 2 aromatic rings. The molecule has 0 saturated heterocycles. The van der Waals surface area contributed by atoms with Crippen LogP contribution in [-0.4, -0.2) is 22.9 Å². The summed E-state index contributed by atoms with van der Waals surface area (Å²) in [5, 5.41) is 14.7. The molecule has 1 unspecified atom stereocenters. The molecule has 1 aromatic carbocycles. The number of carbonyl (C=O) groups is 3. The number of carboxylic acids is 1. The Balaban J connectivity index is 1.65. The fourth-order valence-electron chi connectivity index (χ4n) is 2.87. The number of hydrogen-bond acceptors (Lipinski definition) is 4. The minimum absolute atomic E-state index is 0.0468. The molecule has 1 fully saturated rings. The van der Waals surface area contributed by atoms with Crippen LogP contribution >= 0.6 is 0 Å². The first-order valence-electron chi connectivity index (χ1n) is 8.85. The first kappa shape index (κ1) is 18.7. The van der Waals surface area contributed by atoms with E-state index in [0.717, 1.165) is 24.1 Å². The van der Waals surface area contributed by atoms with Crippen LogP contribution in [0.15, 0.2) is 34.9 Å². The molecule has 0 radical (unpaired) electrons. The van der Waals surface area contributed by atoms with Crippen LogP contribution < -0.4 is 10.6 Å². The quantitative estimate of drug-likeness (QED) is 0.694. The van der Waals surface area contributed by atoms with Crippen LogP contribution in [0.1, 0.15) is 53.1 Å². The van der Waals surface area contributed by atoms with Crippen molar-refractivity contribution in [2.24, 2.45) is 5.92 Å². The number of carbonyl (C=O) groups excluding carboxylic acids is 2. The topological polar surface area (TPSA) is 109 Å². The fourth-order valence-corrected chi connectivity index (χ4v) is 2.87. The van der Waals surface area contributed by atoms with Crippen LogP contribution in [-0.2, 0) is 16.0 Å². The van der Waals surface area contributed by atoms with Gasteiger partial charge >= 0.3 is 5.97 Å². The van der Waals surface area contributed by atoms with E-state index in [9.17, 15) is 14.4 Å². The number of furan rings is 1. The van der Waals surface area contributed by atoms with Gasteiger partial charge < -0.3 is 20.2 Å². The van der Waals surface area contributed by atoms with Gasteiger partial charge in [-0.2, -0.15) is 0 Å². The van der Waals surface area contributed by atoms with Gasteiger partial charge in [0.05, 0.1) is 17.9 Å². The third-order valence-electron chi connectivity index (χ3n) is 4.56. The zero-order chi connectivity index (χ0) is 19.6. The average molecular weight is 370 g/mol. The van der Waals surface area contributed by atoms with Gasteiger partial charge in [-0.25, -0.2) is 0 Å². The molecule has 7 heteroatoms. The molecule has 0 spiro atoms. The summed E-state index contributed by atoms with van der Waals surface area (Å²) in [4.78, 5) is 35.3. The Labute approximate surface area is 156 Å². The van der Waals surface area contributed by atoms with Crippen LogP contribution in [0.3, 0.4) is 0 Å². The highest BCUT2D eigenvalue weighted by Crippen LogP contribution is 2.30. The number of hydrogen-bond donors (Lipinski definition) is 3. The summed E-state index contributed by atoms with van der Waals surface area (Å²) in [6.45, 7) is 3.54. The lowest BCUT2D eigenvalue weighted by Crippen LogP contribution is -2.28. The molecule has 3 N–H and O–H groups in total. The Morgan fingerprint density at radius 2 is 1.89 bits per heavy atom. The highest BCUT2D eigenvalue weighted by molar-refractivity contribution is 5.97. The van der Waals surface area contributed by atoms with Gasteiger partial charge in [-0.1, -0.05) is 12.1 Å². The number of benzene rings is 1. The summed E-state index contributed by atoms with van der Waals surface area (Å²) < 4.78 is 5.21. The van der Waals surface area contributed by atoms with Crippen molar-refractivity contribution in [1.82, 2.24) is 5.32 Å². The molecule has 7 nitrogen and oxygen atoms in total. The van der Waals surface area contributed by atoms with Gasteiger partial charge in [0.2, 0.25) is 5.91 Å². The Morgan fingerprint density at radius 3 is 2.48 bits per heavy atom. The van der Waals surface area contributed by atoms with E-state index in [2.05, 4.69) is 10.6 Å². The van der Waals surface area contributed by atoms with Crippen molar-refractivity contribution in [2.75, 3.05) is 5.32 Å². The third kappa shape index (κ3) is 4.55. The summed E-state index contributed by atoms with van der Waals surface area (Å²) in [5.41, 5.74) is 2.45. The molecule has 0 bridgehead atoms. The van der Waals surface area contributed by atoms with Crippen molar-refractivity contribution in [3.8, 4) is 0 Å². The summed E-state index contributed by atoms with van der Waals surface area (Å²) in [7, 11) is 0. The number of aryl methyl sites for hydroxylation is 1. The maximum absolute atomic E-state index is 12.6. The van der Waals surface area contributed by atoms with Gasteiger partial charge in [0.1, 0.15) is 12.2 Å².